The van der Waals surface area contributed by atoms with Crippen molar-refractivity contribution >= 4 is 11.3 Å². The maximum Gasteiger partial charge on any atom is 0.258 e. The maximum atomic E-state index is 12.5. The molecular weight excluding hydrogens is 320 g/mol. The van der Waals surface area contributed by atoms with Crippen LogP contribution in [0.25, 0.3) is 16.9 Å². The summed E-state index contributed by atoms with van der Waals surface area (Å²) in [6.45, 7) is 1.15. The van der Waals surface area contributed by atoms with Crippen molar-refractivity contribution in [1.29, 1.82) is 0 Å². The molecule has 3 aromatic rings. The molecule has 0 unspecified atom stereocenters. The standard InChI is InChI=1S/C18H20N4O3/c1-24-15-5-3-12(9-16(15)25-2)14-10-18(23)22-11-13(20-8-7-19)4-6-17(22)21-14/h3-6,9-11,20H,7-8,19H2,1-2H3. The number of ether oxygens (including phenoxy) is 2. The zero-order valence-electron chi connectivity index (χ0n) is 14.2. The van der Waals surface area contributed by atoms with Gasteiger partial charge in [0.05, 0.1) is 25.6 Å². The molecule has 0 aliphatic heterocycles. The zero-order valence-corrected chi connectivity index (χ0v) is 14.2. The molecule has 0 fully saturated rings. The van der Waals surface area contributed by atoms with Gasteiger partial charge in [-0.3, -0.25) is 9.20 Å². The van der Waals surface area contributed by atoms with Crippen LogP contribution in [0.1, 0.15) is 0 Å². The van der Waals surface area contributed by atoms with Crippen LogP contribution in [0.3, 0.4) is 0 Å². The summed E-state index contributed by atoms with van der Waals surface area (Å²) in [7, 11) is 3.15. The Morgan fingerprint density at radius 1 is 1.12 bits per heavy atom. The Kier molecular flexibility index (Phi) is 4.85. The molecule has 3 N–H and O–H groups in total. The van der Waals surface area contributed by atoms with E-state index in [1.54, 1.807) is 38.6 Å². The van der Waals surface area contributed by atoms with Gasteiger partial charge < -0.3 is 20.5 Å². The molecule has 0 spiro atoms. The van der Waals surface area contributed by atoms with Gasteiger partial charge in [0.2, 0.25) is 0 Å². The van der Waals surface area contributed by atoms with E-state index in [-0.39, 0.29) is 5.56 Å². The number of anilines is 1. The largest absolute Gasteiger partial charge is 0.493 e. The Balaban J connectivity index is 2.05. The zero-order chi connectivity index (χ0) is 17.8. The summed E-state index contributed by atoms with van der Waals surface area (Å²) < 4.78 is 12.1. The second kappa shape index (κ2) is 7.23. The van der Waals surface area contributed by atoms with Crippen molar-refractivity contribution in [2.75, 3.05) is 32.6 Å². The molecule has 0 aliphatic rings. The van der Waals surface area contributed by atoms with Gasteiger partial charge in [-0.1, -0.05) is 0 Å². The highest BCUT2D eigenvalue weighted by atomic mass is 16.5. The highest BCUT2D eigenvalue weighted by molar-refractivity contribution is 5.66. The summed E-state index contributed by atoms with van der Waals surface area (Å²) in [5.41, 5.74) is 8.07. The molecule has 0 saturated carbocycles. The van der Waals surface area contributed by atoms with E-state index in [1.165, 1.54) is 10.5 Å². The van der Waals surface area contributed by atoms with Crippen LogP contribution in [0.5, 0.6) is 11.5 Å². The molecule has 0 amide bonds. The molecule has 0 atom stereocenters. The molecule has 0 radical (unpaired) electrons. The topological polar surface area (TPSA) is 90.9 Å². The molecule has 130 valence electrons. The van der Waals surface area contributed by atoms with Gasteiger partial charge in [-0.15, -0.1) is 0 Å². The van der Waals surface area contributed by atoms with Gasteiger partial charge in [0, 0.05) is 30.9 Å². The highest BCUT2D eigenvalue weighted by Gasteiger charge is 2.09. The second-order valence-corrected chi connectivity index (χ2v) is 5.41. The third-order valence-electron chi connectivity index (χ3n) is 3.81. The number of aromatic nitrogens is 2. The van der Waals surface area contributed by atoms with E-state index in [0.717, 1.165) is 11.3 Å². The molecule has 0 aliphatic carbocycles. The lowest BCUT2D eigenvalue weighted by atomic mass is 10.1. The third-order valence-corrected chi connectivity index (χ3v) is 3.81. The van der Waals surface area contributed by atoms with E-state index in [1.807, 2.05) is 12.1 Å². The minimum absolute atomic E-state index is 0.161. The van der Waals surface area contributed by atoms with Crippen molar-refractivity contribution in [2.45, 2.75) is 0 Å². The van der Waals surface area contributed by atoms with E-state index < -0.39 is 0 Å². The third kappa shape index (κ3) is 3.41. The van der Waals surface area contributed by atoms with Crippen molar-refractivity contribution in [2.24, 2.45) is 5.73 Å². The van der Waals surface area contributed by atoms with Crippen LogP contribution >= 0.6 is 0 Å². The van der Waals surface area contributed by atoms with Crippen LogP contribution in [0.2, 0.25) is 0 Å². The van der Waals surface area contributed by atoms with Crippen LogP contribution < -0.4 is 26.1 Å². The van der Waals surface area contributed by atoms with Crippen LogP contribution in [-0.4, -0.2) is 36.7 Å². The maximum absolute atomic E-state index is 12.5. The Bertz CT molecular complexity index is 953. The minimum atomic E-state index is -0.161. The van der Waals surface area contributed by atoms with Gasteiger partial charge in [0.25, 0.3) is 5.56 Å². The number of methoxy groups -OCH3 is 2. The van der Waals surface area contributed by atoms with Gasteiger partial charge in [-0.2, -0.15) is 0 Å². The normalized spacial score (nSPS) is 10.7. The molecule has 3 rings (SSSR count). The summed E-state index contributed by atoms with van der Waals surface area (Å²) in [6, 6.07) is 10.6. The fourth-order valence-electron chi connectivity index (χ4n) is 2.57. The monoisotopic (exact) mass is 340 g/mol. The first-order valence-corrected chi connectivity index (χ1v) is 7.86. The van der Waals surface area contributed by atoms with Crippen LogP contribution in [0.4, 0.5) is 5.69 Å². The van der Waals surface area contributed by atoms with E-state index in [0.29, 0.717) is 35.9 Å². The SMILES string of the molecule is COc1ccc(-c2cc(=O)n3cc(NCCN)ccc3n2)cc1OC. The predicted molar refractivity (Wildman–Crippen MR) is 97.5 cm³/mol. The molecule has 7 nitrogen and oxygen atoms in total. The first kappa shape index (κ1) is 16.8. The molecule has 2 aromatic heterocycles. The van der Waals surface area contributed by atoms with E-state index in [9.17, 15) is 4.79 Å². The van der Waals surface area contributed by atoms with Crippen molar-refractivity contribution in [3.05, 3.63) is 52.9 Å². The van der Waals surface area contributed by atoms with Crippen LogP contribution in [0.15, 0.2) is 47.4 Å². The number of nitrogens with zero attached hydrogens (tertiary/aromatic N) is 2. The predicted octanol–water partition coefficient (Wildman–Crippen LogP) is 1.75. The van der Waals surface area contributed by atoms with E-state index >= 15 is 0 Å². The summed E-state index contributed by atoms with van der Waals surface area (Å²) in [4.78, 5) is 17.1. The average molecular weight is 340 g/mol. The molecule has 0 bridgehead atoms. The lowest BCUT2D eigenvalue weighted by Crippen LogP contribution is -2.17. The van der Waals surface area contributed by atoms with Crippen LogP contribution in [0, 0.1) is 0 Å². The lowest BCUT2D eigenvalue weighted by Gasteiger charge is -2.10. The Morgan fingerprint density at radius 3 is 2.64 bits per heavy atom. The summed E-state index contributed by atoms with van der Waals surface area (Å²) in [5.74, 6) is 1.21. The van der Waals surface area contributed by atoms with Crippen molar-refractivity contribution in [3.8, 4) is 22.8 Å². The molecule has 2 heterocycles. The summed E-state index contributed by atoms with van der Waals surface area (Å²) in [6.07, 6.45) is 1.72. The Morgan fingerprint density at radius 2 is 1.92 bits per heavy atom. The highest BCUT2D eigenvalue weighted by Crippen LogP contribution is 2.31. The quantitative estimate of drug-likeness (QED) is 0.710. The molecule has 7 heteroatoms. The number of hydrogen-bond acceptors (Lipinski definition) is 6. The summed E-state index contributed by atoms with van der Waals surface area (Å²) >= 11 is 0. The first-order valence-electron chi connectivity index (χ1n) is 7.86. The Labute approximate surface area is 145 Å². The van der Waals surface area contributed by atoms with E-state index in [4.69, 9.17) is 15.2 Å². The molecule has 1 aromatic carbocycles. The number of hydrogen-bond donors (Lipinski definition) is 2. The summed E-state index contributed by atoms with van der Waals surface area (Å²) in [5, 5.41) is 3.14. The molecule has 25 heavy (non-hydrogen) atoms. The first-order chi connectivity index (χ1) is 12.2. The lowest BCUT2D eigenvalue weighted by molar-refractivity contribution is 0.355. The fourth-order valence-corrected chi connectivity index (χ4v) is 2.57. The smallest absolute Gasteiger partial charge is 0.258 e. The molecule has 0 saturated heterocycles. The van der Waals surface area contributed by atoms with Crippen molar-refractivity contribution in [1.82, 2.24) is 9.38 Å². The van der Waals surface area contributed by atoms with E-state index in [2.05, 4.69) is 10.3 Å². The number of pyridine rings is 1. The van der Waals surface area contributed by atoms with Gasteiger partial charge in [0.1, 0.15) is 5.65 Å². The number of nitrogens with two attached hydrogens (primary N) is 1. The van der Waals surface area contributed by atoms with Crippen molar-refractivity contribution in [3.63, 3.8) is 0 Å². The number of rotatable bonds is 6. The number of nitrogens with one attached hydrogen (secondary N) is 1. The Hall–Kier alpha value is -3.06. The minimum Gasteiger partial charge on any atom is -0.493 e. The van der Waals surface area contributed by atoms with Gasteiger partial charge >= 0.3 is 0 Å². The van der Waals surface area contributed by atoms with Gasteiger partial charge in [-0.25, -0.2) is 4.98 Å². The van der Waals surface area contributed by atoms with Crippen LogP contribution in [-0.2, 0) is 0 Å². The second-order valence-electron chi connectivity index (χ2n) is 5.41. The van der Waals surface area contributed by atoms with Gasteiger partial charge in [-0.05, 0) is 30.3 Å². The number of fused-ring (bicyclic) bond motifs is 1. The number of benzene rings is 1. The van der Waals surface area contributed by atoms with Gasteiger partial charge in [0.15, 0.2) is 11.5 Å². The van der Waals surface area contributed by atoms with Crippen molar-refractivity contribution < 1.29 is 9.47 Å². The fraction of sp³-hybridized carbons (Fsp3) is 0.222. The molecular formula is C18H20N4O3. The average Bonchev–Trinajstić information content (AvgIpc) is 2.65.